The minimum atomic E-state index is -3.55. The Hall–Kier alpha value is -1.18. The Balaban J connectivity index is 2.05. The number of rotatable bonds is 6. The number of sulfonamides is 1. The zero-order chi connectivity index (χ0) is 14.6. The zero-order valence-electron chi connectivity index (χ0n) is 11.8. The SMILES string of the molecule is CCNc1ccc(S(=O)(=O)NC(C)C2CCCO2)cn1. The average molecular weight is 299 g/mol. The first-order chi connectivity index (χ1) is 9.53. The molecule has 7 heteroatoms. The minimum Gasteiger partial charge on any atom is -0.377 e. The largest absolute Gasteiger partial charge is 0.377 e. The van der Waals surface area contributed by atoms with Crippen molar-refractivity contribution in [2.24, 2.45) is 0 Å². The number of aromatic nitrogens is 1. The van der Waals surface area contributed by atoms with E-state index in [4.69, 9.17) is 4.74 Å². The number of hydrogen-bond acceptors (Lipinski definition) is 5. The topological polar surface area (TPSA) is 80.3 Å². The summed E-state index contributed by atoms with van der Waals surface area (Å²) in [5, 5.41) is 3.03. The van der Waals surface area contributed by atoms with Crippen LogP contribution in [0.1, 0.15) is 26.7 Å². The van der Waals surface area contributed by atoms with Crippen LogP contribution in [0.3, 0.4) is 0 Å². The van der Waals surface area contributed by atoms with Crippen LogP contribution in [-0.2, 0) is 14.8 Å². The van der Waals surface area contributed by atoms with Crippen molar-refractivity contribution >= 4 is 15.8 Å². The quantitative estimate of drug-likeness (QED) is 0.829. The van der Waals surface area contributed by atoms with Crippen molar-refractivity contribution in [2.75, 3.05) is 18.5 Å². The molecule has 2 unspecified atom stereocenters. The van der Waals surface area contributed by atoms with E-state index >= 15 is 0 Å². The molecule has 2 rings (SSSR count). The molecule has 0 radical (unpaired) electrons. The highest BCUT2D eigenvalue weighted by Crippen LogP contribution is 2.18. The van der Waals surface area contributed by atoms with Gasteiger partial charge in [-0.2, -0.15) is 0 Å². The van der Waals surface area contributed by atoms with Crippen molar-refractivity contribution in [3.05, 3.63) is 18.3 Å². The maximum Gasteiger partial charge on any atom is 0.242 e. The summed E-state index contributed by atoms with van der Waals surface area (Å²) < 4.78 is 32.6. The predicted molar refractivity (Wildman–Crippen MR) is 77.2 cm³/mol. The molecule has 0 spiro atoms. The molecular formula is C13H21N3O3S. The van der Waals surface area contributed by atoms with E-state index in [0.717, 1.165) is 19.4 Å². The summed E-state index contributed by atoms with van der Waals surface area (Å²) in [6.45, 7) is 5.23. The summed E-state index contributed by atoms with van der Waals surface area (Å²) in [4.78, 5) is 4.25. The Kier molecular flexibility index (Phi) is 4.95. The van der Waals surface area contributed by atoms with Crippen LogP contribution < -0.4 is 10.0 Å². The van der Waals surface area contributed by atoms with Crippen LogP contribution in [-0.4, -0.2) is 38.7 Å². The third-order valence-electron chi connectivity index (χ3n) is 3.27. The van der Waals surface area contributed by atoms with Gasteiger partial charge < -0.3 is 10.1 Å². The van der Waals surface area contributed by atoms with Gasteiger partial charge in [0.1, 0.15) is 10.7 Å². The Morgan fingerprint density at radius 1 is 1.50 bits per heavy atom. The molecule has 1 saturated heterocycles. The van der Waals surface area contributed by atoms with Crippen LogP contribution >= 0.6 is 0 Å². The lowest BCUT2D eigenvalue weighted by atomic mass is 10.1. The van der Waals surface area contributed by atoms with E-state index in [1.807, 2.05) is 13.8 Å². The van der Waals surface area contributed by atoms with Crippen LogP contribution in [0.5, 0.6) is 0 Å². The lowest BCUT2D eigenvalue weighted by Crippen LogP contribution is -2.40. The van der Waals surface area contributed by atoms with Crippen LogP contribution in [0, 0.1) is 0 Å². The fourth-order valence-corrected chi connectivity index (χ4v) is 3.43. The van der Waals surface area contributed by atoms with E-state index in [1.54, 1.807) is 12.1 Å². The third-order valence-corrected chi connectivity index (χ3v) is 4.81. The Morgan fingerprint density at radius 2 is 2.30 bits per heavy atom. The molecule has 0 amide bonds. The van der Waals surface area contributed by atoms with E-state index in [0.29, 0.717) is 12.4 Å². The second kappa shape index (κ2) is 6.51. The number of nitrogens with zero attached hydrogens (tertiary/aromatic N) is 1. The molecule has 2 N–H and O–H groups in total. The van der Waals surface area contributed by atoms with Gasteiger partial charge in [0, 0.05) is 25.4 Å². The molecule has 1 aromatic heterocycles. The standard InChI is InChI=1S/C13H21N3O3S/c1-3-14-13-7-6-11(9-15-13)20(17,18)16-10(2)12-5-4-8-19-12/h6-7,9-10,12,16H,3-5,8H2,1-2H3,(H,14,15). The van der Waals surface area contributed by atoms with Gasteiger partial charge in [-0.1, -0.05) is 0 Å². The van der Waals surface area contributed by atoms with E-state index < -0.39 is 10.0 Å². The van der Waals surface area contributed by atoms with E-state index in [9.17, 15) is 8.42 Å². The molecule has 2 heterocycles. The highest BCUT2D eigenvalue weighted by atomic mass is 32.2. The van der Waals surface area contributed by atoms with Crippen molar-refractivity contribution < 1.29 is 13.2 Å². The normalized spacial score (nSPS) is 20.8. The van der Waals surface area contributed by atoms with Gasteiger partial charge in [0.15, 0.2) is 0 Å². The average Bonchev–Trinajstić information content (AvgIpc) is 2.93. The molecule has 112 valence electrons. The lowest BCUT2D eigenvalue weighted by Gasteiger charge is -2.19. The van der Waals surface area contributed by atoms with Crippen LogP contribution in [0.15, 0.2) is 23.2 Å². The van der Waals surface area contributed by atoms with Crippen molar-refractivity contribution in [3.63, 3.8) is 0 Å². The first kappa shape index (κ1) is 15.2. The monoisotopic (exact) mass is 299 g/mol. The van der Waals surface area contributed by atoms with Gasteiger partial charge in [-0.3, -0.25) is 0 Å². The summed E-state index contributed by atoms with van der Waals surface area (Å²) >= 11 is 0. The number of pyridine rings is 1. The third kappa shape index (κ3) is 3.68. The molecule has 1 aliphatic heterocycles. The van der Waals surface area contributed by atoms with Gasteiger partial charge >= 0.3 is 0 Å². The lowest BCUT2D eigenvalue weighted by molar-refractivity contribution is 0.0902. The Bertz CT molecular complexity index is 524. The summed E-state index contributed by atoms with van der Waals surface area (Å²) in [7, 11) is -3.55. The molecule has 1 aliphatic rings. The molecule has 0 saturated carbocycles. The summed E-state index contributed by atoms with van der Waals surface area (Å²) in [6, 6.07) is 2.97. The molecule has 1 fully saturated rings. The first-order valence-electron chi connectivity index (χ1n) is 6.87. The summed E-state index contributed by atoms with van der Waals surface area (Å²) in [5.74, 6) is 0.665. The van der Waals surface area contributed by atoms with Crippen molar-refractivity contribution in [2.45, 2.75) is 43.7 Å². The second-order valence-corrected chi connectivity index (χ2v) is 6.58. The second-order valence-electron chi connectivity index (χ2n) is 4.87. The molecule has 20 heavy (non-hydrogen) atoms. The van der Waals surface area contributed by atoms with E-state index in [-0.39, 0.29) is 17.0 Å². The summed E-state index contributed by atoms with van der Waals surface area (Å²) in [6.07, 6.45) is 3.19. The molecule has 0 bridgehead atoms. The smallest absolute Gasteiger partial charge is 0.242 e. The van der Waals surface area contributed by atoms with Crippen LogP contribution in [0.2, 0.25) is 0 Å². The van der Waals surface area contributed by atoms with Gasteiger partial charge in [-0.05, 0) is 38.8 Å². The number of anilines is 1. The number of hydrogen-bond donors (Lipinski definition) is 2. The van der Waals surface area contributed by atoms with E-state index in [2.05, 4.69) is 15.0 Å². The molecular weight excluding hydrogens is 278 g/mol. The van der Waals surface area contributed by atoms with Gasteiger partial charge in [-0.25, -0.2) is 18.1 Å². The highest BCUT2D eigenvalue weighted by Gasteiger charge is 2.27. The molecule has 0 aliphatic carbocycles. The fourth-order valence-electron chi connectivity index (χ4n) is 2.21. The molecule has 2 atom stereocenters. The molecule has 0 aromatic carbocycles. The predicted octanol–water partition coefficient (Wildman–Crippen LogP) is 1.36. The number of ether oxygens (including phenoxy) is 1. The minimum absolute atomic E-state index is 0.0428. The van der Waals surface area contributed by atoms with Gasteiger partial charge in [0.05, 0.1) is 6.10 Å². The maximum absolute atomic E-state index is 12.2. The maximum atomic E-state index is 12.2. The molecule has 6 nitrogen and oxygen atoms in total. The Labute approximate surface area is 120 Å². The van der Waals surface area contributed by atoms with Gasteiger partial charge in [-0.15, -0.1) is 0 Å². The van der Waals surface area contributed by atoms with Crippen LogP contribution in [0.25, 0.3) is 0 Å². The number of nitrogens with one attached hydrogen (secondary N) is 2. The highest BCUT2D eigenvalue weighted by molar-refractivity contribution is 7.89. The Morgan fingerprint density at radius 3 is 2.85 bits per heavy atom. The summed E-state index contributed by atoms with van der Waals surface area (Å²) in [5.41, 5.74) is 0. The zero-order valence-corrected chi connectivity index (χ0v) is 12.6. The van der Waals surface area contributed by atoms with Gasteiger partial charge in [0.2, 0.25) is 10.0 Å². The van der Waals surface area contributed by atoms with Crippen molar-refractivity contribution in [1.29, 1.82) is 0 Å². The molecule has 1 aromatic rings. The van der Waals surface area contributed by atoms with E-state index in [1.165, 1.54) is 6.20 Å². The first-order valence-corrected chi connectivity index (χ1v) is 8.35. The fraction of sp³-hybridized carbons (Fsp3) is 0.615. The van der Waals surface area contributed by atoms with Crippen molar-refractivity contribution in [3.8, 4) is 0 Å². The van der Waals surface area contributed by atoms with Gasteiger partial charge in [0.25, 0.3) is 0 Å². The van der Waals surface area contributed by atoms with Crippen LogP contribution in [0.4, 0.5) is 5.82 Å². The van der Waals surface area contributed by atoms with Crippen molar-refractivity contribution in [1.82, 2.24) is 9.71 Å².